The molecule has 1 unspecified atom stereocenters. The van der Waals surface area contributed by atoms with Crippen molar-refractivity contribution >= 4 is 15.5 Å². The van der Waals surface area contributed by atoms with Gasteiger partial charge < -0.3 is 15.1 Å². The first kappa shape index (κ1) is 25.0. The highest BCUT2D eigenvalue weighted by Crippen LogP contribution is 2.50. The molecule has 3 fully saturated rings. The van der Waals surface area contributed by atoms with E-state index in [1.54, 1.807) is 23.3 Å². The predicted octanol–water partition coefficient (Wildman–Crippen LogP) is 4.43. The molecule has 2 aromatic rings. The van der Waals surface area contributed by atoms with Crippen molar-refractivity contribution in [3.05, 3.63) is 59.7 Å². The normalized spacial score (nSPS) is 26.0. The fraction of sp³-hybridized carbons (Fsp3) is 0.548. The van der Waals surface area contributed by atoms with E-state index < -0.39 is 9.84 Å². The van der Waals surface area contributed by atoms with Gasteiger partial charge in [-0.1, -0.05) is 37.1 Å². The number of sulfone groups is 1. The molecule has 4 aliphatic rings. The average molecular weight is 518 g/mol. The van der Waals surface area contributed by atoms with Crippen molar-refractivity contribution in [3.8, 4) is 11.7 Å². The first-order valence-electron chi connectivity index (χ1n) is 14.1. The van der Waals surface area contributed by atoms with Crippen LogP contribution in [0.2, 0.25) is 0 Å². The summed E-state index contributed by atoms with van der Waals surface area (Å²) < 4.78 is 23.7. The van der Waals surface area contributed by atoms with Gasteiger partial charge in [-0.15, -0.1) is 6.42 Å². The molecule has 37 heavy (non-hydrogen) atoms. The van der Waals surface area contributed by atoms with Crippen LogP contribution in [0.3, 0.4) is 0 Å². The monoisotopic (exact) mass is 517 g/mol. The summed E-state index contributed by atoms with van der Waals surface area (Å²) in [6.45, 7) is 6.72. The zero-order valence-corrected chi connectivity index (χ0v) is 22.6. The highest BCUT2D eigenvalue weighted by atomic mass is 32.2. The van der Waals surface area contributed by atoms with Crippen LogP contribution in [0.4, 0.5) is 5.69 Å². The van der Waals surface area contributed by atoms with Crippen LogP contribution in [-0.4, -0.2) is 52.6 Å². The Balaban J connectivity index is 1.06. The molecule has 2 saturated heterocycles. The fourth-order valence-electron chi connectivity index (χ4n) is 7.82. The predicted molar refractivity (Wildman–Crippen MR) is 149 cm³/mol. The first-order chi connectivity index (χ1) is 18.0. The molecule has 1 N–H and O–H groups in total. The quantitative estimate of drug-likeness (QED) is 0.454. The van der Waals surface area contributed by atoms with Gasteiger partial charge in [0.05, 0.1) is 4.90 Å². The van der Waals surface area contributed by atoms with Crippen molar-refractivity contribution in [1.29, 1.82) is 0 Å². The Morgan fingerprint density at radius 1 is 0.946 bits per heavy atom. The van der Waals surface area contributed by atoms with Crippen molar-refractivity contribution in [2.24, 2.45) is 17.8 Å². The number of likely N-dealkylation sites (tertiary alicyclic amines) is 1. The van der Waals surface area contributed by atoms with Gasteiger partial charge in [0.1, 0.15) is 0 Å². The standard InChI is InChI=1S/C31H39N3O2S/c1-2-37(35,36)29-13-11-28(12-14-29)34-22-24(23-34)21-33-19-16-27(17-20-33)31(26-8-4-5-9-26)30-10-6-3-7-25(30)15-18-32-31/h1,3,6-7,10-14,24,26-27,32H,4-5,8-9,15-23H2. The largest absolute Gasteiger partial charge is 0.371 e. The number of terminal acetylenes is 1. The molecule has 0 aromatic heterocycles. The van der Waals surface area contributed by atoms with Crippen molar-refractivity contribution in [2.75, 3.05) is 44.2 Å². The van der Waals surface area contributed by atoms with Crippen molar-refractivity contribution in [1.82, 2.24) is 10.2 Å². The summed E-state index contributed by atoms with van der Waals surface area (Å²) in [6, 6.07) is 16.3. The van der Waals surface area contributed by atoms with Crippen molar-refractivity contribution in [3.63, 3.8) is 0 Å². The molecule has 6 heteroatoms. The van der Waals surface area contributed by atoms with E-state index in [0.29, 0.717) is 11.8 Å². The van der Waals surface area contributed by atoms with Gasteiger partial charge in [0.2, 0.25) is 9.84 Å². The number of hydrogen-bond acceptors (Lipinski definition) is 5. The van der Waals surface area contributed by atoms with Crippen LogP contribution in [-0.2, 0) is 21.8 Å². The van der Waals surface area contributed by atoms with Crippen molar-refractivity contribution < 1.29 is 8.42 Å². The lowest BCUT2D eigenvalue weighted by molar-refractivity contribution is 0.0492. The maximum absolute atomic E-state index is 11.9. The summed E-state index contributed by atoms with van der Waals surface area (Å²) in [5.41, 5.74) is 4.44. The molecule has 5 nitrogen and oxygen atoms in total. The van der Waals surface area contributed by atoms with Gasteiger partial charge >= 0.3 is 0 Å². The molecule has 3 aliphatic heterocycles. The molecule has 0 spiro atoms. The Morgan fingerprint density at radius 3 is 2.32 bits per heavy atom. The Morgan fingerprint density at radius 2 is 1.62 bits per heavy atom. The van der Waals surface area contributed by atoms with E-state index in [2.05, 4.69) is 39.4 Å². The van der Waals surface area contributed by atoms with Crippen LogP contribution >= 0.6 is 0 Å². The van der Waals surface area contributed by atoms with Gasteiger partial charge in [-0.2, -0.15) is 0 Å². The number of anilines is 1. The summed E-state index contributed by atoms with van der Waals surface area (Å²) in [7, 11) is -3.60. The minimum absolute atomic E-state index is 0.170. The zero-order valence-electron chi connectivity index (χ0n) is 21.7. The molecule has 1 saturated carbocycles. The maximum Gasteiger partial charge on any atom is 0.244 e. The van der Waals surface area contributed by atoms with E-state index in [4.69, 9.17) is 6.42 Å². The first-order valence-corrected chi connectivity index (χ1v) is 15.6. The Bertz CT molecular complexity index is 1250. The second-order valence-corrected chi connectivity index (χ2v) is 13.4. The number of benzene rings is 2. The van der Waals surface area contributed by atoms with Crippen LogP contribution in [0.1, 0.15) is 49.7 Å². The van der Waals surface area contributed by atoms with E-state index in [0.717, 1.165) is 44.2 Å². The summed E-state index contributed by atoms with van der Waals surface area (Å²) in [6.07, 6.45) is 14.4. The highest BCUT2D eigenvalue weighted by Gasteiger charge is 2.50. The van der Waals surface area contributed by atoms with Gasteiger partial charge in [-0.25, -0.2) is 8.42 Å². The summed E-state index contributed by atoms with van der Waals surface area (Å²) >= 11 is 0. The number of nitrogens with zero attached hydrogens (tertiary/aromatic N) is 2. The molecular weight excluding hydrogens is 478 g/mol. The molecule has 6 rings (SSSR count). The molecule has 196 valence electrons. The number of hydrogen-bond donors (Lipinski definition) is 1. The Kier molecular flexibility index (Phi) is 6.81. The van der Waals surface area contributed by atoms with Gasteiger partial charge in [-0.05, 0) is 92.4 Å². The molecule has 0 radical (unpaired) electrons. The molecule has 3 heterocycles. The smallest absolute Gasteiger partial charge is 0.244 e. The summed E-state index contributed by atoms with van der Waals surface area (Å²) in [5, 5.41) is 6.03. The lowest BCUT2D eigenvalue weighted by Crippen LogP contribution is -2.59. The van der Waals surface area contributed by atoms with E-state index in [-0.39, 0.29) is 10.4 Å². The van der Waals surface area contributed by atoms with E-state index in [1.807, 2.05) is 17.4 Å². The molecule has 1 aliphatic carbocycles. The Labute approximate surface area is 222 Å². The molecule has 0 amide bonds. The minimum atomic E-state index is -3.60. The maximum atomic E-state index is 11.9. The lowest BCUT2D eigenvalue weighted by atomic mass is 9.63. The second-order valence-electron chi connectivity index (χ2n) is 11.6. The third-order valence-electron chi connectivity index (χ3n) is 9.65. The van der Waals surface area contributed by atoms with Crippen LogP contribution < -0.4 is 10.2 Å². The molecule has 0 bridgehead atoms. The third-order valence-corrected chi connectivity index (χ3v) is 10.8. The van der Waals surface area contributed by atoms with E-state index in [9.17, 15) is 8.42 Å². The molecule has 1 atom stereocenters. The van der Waals surface area contributed by atoms with Crippen LogP contribution in [0.15, 0.2) is 53.4 Å². The van der Waals surface area contributed by atoms with Crippen molar-refractivity contribution in [2.45, 2.75) is 55.4 Å². The number of nitrogens with one attached hydrogen (secondary N) is 1. The molecular formula is C31H39N3O2S. The SMILES string of the molecule is C#CS(=O)(=O)c1ccc(N2CC(CN3CCC(C4(C5CCCC5)NCCc5ccccc54)CC3)C2)cc1. The topological polar surface area (TPSA) is 52.7 Å². The lowest BCUT2D eigenvalue weighted by Gasteiger charge is -2.53. The number of piperidine rings is 1. The second kappa shape index (κ2) is 10.1. The number of fused-ring (bicyclic) bond motifs is 1. The Hall–Kier alpha value is -2.33. The van der Waals surface area contributed by atoms with Crippen LogP contribution in [0.5, 0.6) is 0 Å². The number of rotatable bonds is 6. The molecule has 2 aromatic carbocycles. The van der Waals surface area contributed by atoms with Crippen LogP contribution in [0.25, 0.3) is 0 Å². The highest BCUT2D eigenvalue weighted by molar-refractivity contribution is 7.96. The van der Waals surface area contributed by atoms with Gasteiger partial charge in [-0.3, -0.25) is 0 Å². The average Bonchev–Trinajstić information content (AvgIpc) is 3.46. The van der Waals surface area contributed by atoms with Gasteiger partial charge in [0, 0.05) is 48.6 Å². The van der Waals surface area contributed by atoms with Crippen LogP contribution in [0, 0.1) is 29.4 Å². The minimum Gasteiger partial charge on any atom is -0.371 e. The zero-order chi connectivity index (χ0) is 25.5. The third kappa shape index (κ3) is 4.60. The van der Waals surface area contributed by atoms with E-state index >= 15 is 0 Å². The fourth-order valence-corrected chi connectivity index (χ4v) is 8.45. The van der Waals surface area contributed by atoms with E-state index in [1.165, 1.54) is 51.6 Å². The van der Waals surface area contributed by atoms with Gasteiger partial charge in [0.25, 0.3) is 0 Å². The summed E-state index contributed by atoms with van der Waals surface area (Å²) in [5.74, 6) is 2.15. The van der Waals surface area contributed by atoms with Gasteiger partial charge in [0.15, 0.2) is 0 Å². The summed E-state index contributed by atoms with van der Waals surface area (Å²) in [4.78, 5) is 5.23.